The summed E-state index contributed by atoms with van der Waals surface area (Å²) in [4.78, 5) is 23.4. The van der Waals surface area contributed by atoms with Gasteiger partial charge in [-0.2, -0.15) is 0 Å². The lowest BCUT2D eigenvalue weighted by atomic mass is 10.1. The molecule has 3 N–H and O–H groups in total. The highest BCUT2D eigenvalue weighted by Gasteiger charge is 2.23. The van der Waals surface area contributed by atoms with Crippen molar-refractivity contribution in [3.8, 4) is 5.75 Å². The Balaban J connectivity index is 1.31. The molecule has 3 rings (SSSR count). The van der Waals surface area contributed by atoms with Gasteiger partial charge in [0.05, 0.1) is 0 Å². The summed E-state index contributed by atoms with van der Waals surface area (Å²) in [6.07, 6.45) is 5.76. The van der Waals surface area contributed by atoms with Crippen LogP contribution in [0.5, 0.6) is 5.75 Å². The zero-order valence-corrected chi connectivity index (χ0v) is 14.6. The monoisotopic (exact) mass is 345 g/mol. The SMILES string of the molecule is O=C(CC1CCCN1)NCCc1ccc(OCC(=O)NC2CC2)cc1. The number of amides is 2. The molecule has 0 spiro atoms. The largest absolute Gasteiger partial charge is 0.484 e. The van der Waals surface area contributed by atoms with E-state index < -0.39 is 0 Å². The van der Waals surface area contributed by atoms with Crippen LogP contribution in [0.4, 0.5) is 0 Å². The highest BCUT2D eigenvalue weighted by molar-refractivity contribution is 5.78. The van der Waals surface area contributed by atoms with Crippen LogP contribution in [0.2, 0.25) is 0 Å². The van der Waals surface area contributed by atoms with Crippen molar-refractivity contribution in [3.05, 3.63) is 29.8 Å². The van der Waals surface area contributed by atoms with Crippen molar-refractivity contribution in [2.45, 2.75) is 50.6 Å². The average Bonchev–Trinajstić information content (AvgIpc) is 3.27. The van der Waals surface area contributed by atoms with Crippen LogP contribution < -0.4 is 20.7 Å². The fourth-order valence-corrected chi connectivity index (χ4v) is 2.97. The lowest BCUT2D eigenvalue weighted by Gasteiger charge is -2.11. The molecule has 6 nitrogen and oxygen atoms in total. The van der Waals surface area contributed by atoms with Crippen LogP contribution in [0.1, 0.15) is 37.7 Å². The molecular weight excluding hydrogens is 318 g/mol. The van der Waals surface area contributed by atoms with Crippen molar-refractivity contribution in [2.75, 3.05) is 19.7 Å². The predicted molar refractivity (Wildman–Crippen MR) is 95.5 cm³/mol. The van der Waals surface area contributed by atoms with E-state index >= 15 is 0 Å². The summed E-state index contributed by atoms with van der Waals surface area (Å²) < 4.78 is 5.48. The first-order chi connectivity index (χ1) is 12.2. The van der Waals surface area contributed by atoms with E-state index in [4.69, 9.17) is 4.74 Å². The van der Waals surface area contributed by atoms with Gasteiger partial charge in [0, 0.05) is 25.0 Å². The average molecular weight is 345 g/mol. The summed E-state index contributed by atoms with van der Waals surface area (Å²) in [6, 6.07) is 8.37. The second-order valence-corrected chi connectivity index (χ2v) is 6.87. The molecule has 2 amide bonds. The molecule has 1 aromatic rings. The molecule has 2 aliphatic rings. The molecule has 1 saturated heterocycles. The Morgan fingerprint density at radius 2 is 1.92 bits per heavy atom. The second kappa shape index (κ2) is 8.85. The van der Waals surface area contributed by atoms with Crippen molar-refractivity contribution in [3.63, 3.8) is 0 Å². The van der Waals surface area contributed by atoms with Crippen LogP contribution in [0.3, 0.4) is 0 Å². The first-order valence-electron chi connectivity index (χ1n) is 9.20. The van der Waals surface area contributed by atoms with E-state index in [1.807, 2.05) is 24.3 Å². The molecule has 0 bridgehead atoms. The third-order valence-electron chi connectivity index (χ3n) is 4.57. The quantitative estimate of drug-likeness (QED) is 0.627. The van der Waals surface area contributed by atoms with Crippen LogP contribution in [0.25, 0.3) is 0 Å². The first kappa shape index (κ1) is 17.7. The molecule has 1 atom stereocenters. The van der Waals surface area contributed by atoms with E-state index in [-0.39, 0.29) is 18.4 Å². The van der Waals surface area contributed by atoms with Gasteiger partial charge in [-0.25, -0.2) is 0 Å². The molecule has 0 aromatic heterocycles. The number of ether oxygens (including phenoxy) is 1. The fraction of sp³-hybridized carbons (Fsp3) is 0.579. The van der Waals surface area contributed by atoms with E-state index in [1.54, 1.807) is 0 Å². The summed E-state index contributed by atoms with van der Waals surface area (Å²) in [7, 11) is 0. The molecule has 1 aliphatic heterocycles. The van der Waals surface area contributed by atoms with Crippen LogP contribution in [-0.4, -0.2) is 43.6 Å². The Morgan fingerprint density at radius 3 is 2.60 bits per heavy atom. The molecular formula is C19H27N3O3. The number of nitrogens with one attached hydrogen (secondary N) is 3. The van der Waals surface area contributed by atoms with Gasteiger partial charge in [0.1, 0.15) is 5.75 Å². The van der Waals surface area contributed by atoms with Gasteiger partial charge in [-0.1, -0.05) is 12.1 Å². The summed E-state index contributed by atoms with van der Waals surface area (Å²) in [6.45, 7) is 1.71. The summed E-state index contributed by atoms with van der Waals surface area (Å²) in [5.74, 6) is 0.734. The second-order valence-electron chi connectivity index (χ2n) is 6.87. The van der Waals surface area contributed by atoms with E-state index in [9.17, 15) is 9.59 Å². The Morgan fingerprint density at radius 1 is 1.12 bits per heavy atom. The van der Waals surface area contributed by atoms with Crippen LogP contribution in [0.15, 0.2) is 24.3 Å². The van der Waals surface area contributed by atoms with Crippen molar-refractivity contribution < 1.29 is 14.3 Å². The lowest BCUT2D eigenvalue weighted by Crippen LogP contribution is -2.32. The lowest BCUT2D eigenvalue weighted by molar-refractivity contribution is -0.123. The third kappa shape index (κ3) is 6.38. The zero-order chi connectivity index (χ0) is 17.5. The van der Waals surface area contributed by atoms with Crippen molar-refractivity contribution in [1.82, 2.24) is 16.0 Å². The van der Waals surface area contributed by atoms with Crippen molar-refractivity contribution in [2.24, 2.45) is 0 Å². The van der Waals surface area contributed by atoms with Gasteiger partial charge in [0.25, 0.3) is 5.91 Å². The van der Waals surface area contributed by atoms with E-state index in [1.165, 1.54) is 0 Å². The molecule has 25 heavy (non-hydrogen) atoms. The Bertz CT molecular complexity index is 578. The summed E-state index contributed by atoms with van der Waals surface area (Å²) in [5, 5.41) is 9.20. The van der Waals surface area contributed by atoms with E-state index in [2.05, 4.69) is 16.0 Å². The van der Waals surface area contributed by atoms with Crippen LogP contribution in [0, 0.1) is 0 Å². The molecule has 6 heteroatoms. The normalized spacial score (nSPS) is 19.4. The van der Waals surface area contributed by atoms with Gasteiger partial charge in [0.2, 0.25) is 5.91 Å². The topological polar surface area (TPSA) is 79.5 Å². The number of carbonyl (C=O) groups excluding carboxylic acids is 2. The Kier molecular flexibility index (Phi) is 6.28. The number of carbonyl (C=O) groups is 2. The number of hydrogen-bond acceptors (Lipinski definition) is 4. The van der Waals surface area contributed by atoms with Gasteiger partial charge in [-0.3, -0.25) is 9.59 Å². The van der Waals surface area contributed by atoms with Gasteiger partial charge in [0.15, 0.2) is 6.61 Å². The predicted octanol–water partition coefficient (Wildman–Crippen LogP) is 1.14. The Labute approximate surface area is 148 Å². The smallest absolute Gasteiger partial charge is 0.258 e. The van der Waals surface area contributed by atoms with E-state index in [0.29, 0.717) is 30.8 Å². The van der Waals surface area contributed by atoms with Crippen LogP contribution >= 0.6 is 0 Å². The van der Waals surface area contributed by atoms with Crippen molar-refractivity contribution >= 4 is 11.8 Å². The maximum atomic E-state index is 11.9. The van der Waals surface area contributed by atoms with Gasteiger partial charge in [-0.05, 0) is 56.3 Å². The molecule has 1 saturated carbocycles. The zero-order valence-electron chi connectivity index (χ0n) is 14.6. The van der Waals surface area contributed by atoms with E-state index in [0.717, 1.165) is 44.2 Å². The number of hydrogen-bond donors (Lipinski definition) is 3. The number of benzene rings is 1. The minimum atomic E-state index is -0.0639. The third-order valence-corrected chi connectivity index (χ3v) is 4.57. The summed E-state index contributed by atoms with van der Waals surface area (Å²) in [5.41, 5.74) is 1.13. The van der Waals surface area contributed by atoms with Gasteiger partial charge < -0.3 is 20.7 Å². The van der Waals surface area contributed by atoms with Crippen LogP contribution in [-0.2, 0) is 16.0 Å². The molecule has 2 fully saturated rings. The molecule has 1 aliphatic carbocycles. The first-order valence-corrected chi connectivity index (χ1v) is 9.20. The molecule has 1 unspecified atom stereocenters. The highest BCUT2D eigenvalue weighted by atomic mass is 16.5. The van der Waals surface area contributed by atoms with Gasteiger partial charge >= 0.3 is 0 Å². The standard InChI is InChI=1S/C19H27N3O3/c23-18(12-16-2-1-10-20-16)21-11-9-14-3-7-17(8-4-14)25-13-19(24)22-15-5-6-15/h3-4,7-8,15-16,20H,1-2,5-6,9-13H2,(H,21,23)(H,22,24). The highest BCUT2D eigenvalue weighted by Crippen LogP contribution is 2.18. The Hall–Kier alpha value is -2.08. The van der Waals surface area contributed by atoms with Gasteiger partial charge in [-0.15, -0.1) is 0 Å². The molecule has 136 valence electrons. The number of rotatable bonds is 9. The minimum absolute atomic E-state index is 0.0567. The summed E-state index contributed by atoms with van der Waals surface area (Å²) >= 11 is 0. The fourth-order valence-electron chi connectivity index (χ4n) is 2.97. The minimum Gasteiger partial charge on any atom is -0.484 e. The molecule has 1 aromatic carbocycles. The molecule has 1 heterocycles. The maximum Gasteiger partial charge on any atom is 0.258 e. The molecule has 0 radical (unpaired) electrons. The van der Waals surface area contributed by atoms with Crippen molar-refractivity contribution in [1.29, 1.82) is 0 Å². The maximum absolute atomic E-state index is 11.9.